The molecule has 3 N–H and O–H groups in total. The number of amides is 1. The predicted molar refractivity (Wildman–Crippen MR) is 70.6 cm³/mol. The minimum absolute atomic E-state index is 0.0588. The summed E-state index contributed by atoms with van der Waals surface area (Å²) in [5.74, 6) is 0.464. The number of anilines is 1. The number of hydrogen-bond donors (Lipinski definition) is 2. The lowest BCUT2D eigenvalue weighted by Gasteiger charge is -2.43. The Balaban J connectivity index is 2.10. The lowest BCUT2D eigenvalue weighted by atomic mass is 9.62. The van der Waals surface area contributed by atoms with Crippen LogP contribution in [-0.2, 0) is 4.79 Å². The van der Waals surface area contributed by atoms with Crippen LogP contribution in [0.1, 0.15) is 19.8 Å². The molecule has 2 rings (SSSR count). The lowest BCUT2D eigenvalue weighted by molar-refractivity contribution is -0.127. The average molecular weight is 254 g/mol. The van der Waals surface area contributed by atoms with Crippen LogP contribution in [-0.4, -0.2) is 10.9 Å². The van der Waals surface area contributed by atoms with Gasteiger partial charge in [-0.1, -0.05) is 19.1 Å². The van der Waals surface area contributed by atoms with Crippen LogP contribution >= 0.6 is 23.6 Å². The Bertz CT molecular complexity index is 408. The molecule has 1 saturated carbocycles. The highest BCUT2D eigenvalue weighted by atomic mass is 32.1. The van der Waals surface area contributed by atoms with Crippen molar-refractivity contribution in [2.24, 2.45) is 17.1 Å². The van der Waals surface area contributed by atoms with Crippen molar-refractivity contribution in [3.8, 4) is 0 Å². The molecule has 1 amide bonds. The minimum atomic E-state index is -0.614. The molecule has 0 atom stereocenters. The first-order valence-electron chi connectivity index (χ1n) is 5.18. The molecule has 0 spiro atoms. The van der Waals surface area contributed by atoms with Crippen molar-refractivity contribution < 1.29 is 4.79 Å². The molecular weight excluding hydrogens is 240 g/mol. The number of thiocarbonyl (C=S) groups is 1. The van der Waals surface area contributed by atoms with Gasteiger partial charge in [-0.05, 0) is 30.2 Å². The van der Waals surface area contributed by atoms with Gasteiger partial charge in [0.15, 0.2) is 0 Å². The molecule has 1 aromatic heterocycles. The molecule has 0 saturated heterocycles. The third-order valence-electron chi connectivity index (χ3n) is 3.08. The number of hydrogen-bond acceptors (Lipinski definition) is 3. The van der Waals surface area contributed by atoms with Crippen LogP contribution < -0.4 is 11.1 Å². The summed E-state index contributed by atoms with van der Waals surface area (Å²) in [6, 6.07) is 1.87. The summed E-state index contributed by atoms with van der Waals surface area (Å²) in [5.41, 5.74) is 5.91. The van der Waals surface area contributed by atoms with E-state index in [-0.39, 0.29) is 5.91 Å². The van der Waals surface area contributed by atoms with E-state index < -0.39 is 5.41 Å². The van der Waals surface area contributed by atoms with Crippen molar-refractivity contribution in [2.45, 2.75) is 19.8 Å². The van der Waals surface area contributed by atoms with Gasteiger partial charge in [0.1, 0.15) is 0 Å². The zero-order valence-corrected chi connectivity index (χ0v) is 10.7. The summed E-state index contributed by atoms with van der Waals surface area (Å²) in [6.45, 7) is 2.11. The maximum atomic E-state index is 12.1. The van der Waals surface area contributed by atoms with Crippen LogP contribution in [0.3, 0.4) is 0 Å². The molecular formula is C11H14N2OS2. The molecule has 1 aliphatic rings. The zero-order valence-electron chi connectivity index (χ0n) is 9.03. The fourth-order valence-corrected chi connectivity index (χ4v) is 3.06. The first kappa shape index (κ1) is 11.5. The van der Waals surface area contributed by atoms with E-state index in [1.54, 1.807) is 11.3 Å². The number of rotatable bonds is 3. The molecule has 16 heavy (non-hydrogen) atoms. The van der Waals surface area contributed by atoms with E-state index in [4.69, 9.17) is 18.0 Å². The topological polar surface area (TPSA) is 55.1 Å². The number of nitrogens with two attached hydrogens (primary N) is 1. The molecule has 0 aromatic carbocycles. The molecule has 0 bridgehead atoms. The predicted octanol–water partition coefficient (Wildman–Crippen LogP) is 2.39. The summed E-state index contributed by atoms with van der Waals surface area (Å²) in [4.78, 5) is 12.4. The Morgan fingerprint density at radius 2 is 2.38 bits per heavy atom. The van der Waals surface area contributed by atoms with Crippen molar-refractivity contribution in [1.29, 1.82) is 0 Å². The molecule has 1 fully saturated rings. The van der Waals surface area contributed by atoms with E-state index in [2.05, 4.69) is 12.2 Å². The summed E-state index contributed by atoms with van der Waals surface area (Å²) in [7, 11) is 0. The number of carbonyl (C=O) groups is 1. The van der Waals surface area contributed by atoms with Crippen LogP contribution in [0.15, 0.2) is 16.8 Å². The number of carbonyl (C=O) groups excluding carboxylic acids is 1. The summed E-state index contributed by atoms with van der Waals surface area (Å²) in [6.07, 6.45) is 1.52. The first-order valence-corrected chi connectivity index (χ1v) is 6.53. The van der Waals surface area contributed by atoms with Crippen molar-refractivity contribution >= 4 is 40.1 Å². The largest absolute Gasteiger partial charge is 0.392 e. The first-order chi connectivity index (χ1) is 7.54. The lowest BCUT2D eigenvalue weighted by Crippen LogP contribution is -2.53. The maximum absolute atomic E-state index is 12.1. The van der Waals surface area contributed by atoms with Crippen molar-refractivity contribution in [1.82, 2.24) is 0 Å². The fourth-order valence-electron chi connectivity index (χ4n) is 2.21. The molecule has 3 nitrogen and oxygen atoms in total. The van der Waals surface area contributed by atoms with Gasteiger partial charge in [0, 0.05) is 5.38 Å². The monoisotopic (exact) mass is 254 g/mol. The molecule has 86 valence electrons. The van der Waals surface area contributed by atoms with Crippen LogP contribution in [0.4, 0.5) is 5.69 Å². The molecule has 0 radical (unpaired) electrons. The number of nitrogens with one attached hydrogen (secondary N) is 1. The van der Waals surface area contributed by atoms with Gasteiger partial charge in [0.25, 0.3) is 0 Å². The molecule has 0 aliphatic heterocycles. The summed E-state index contributed by atoms with van der Waals surface area (Å²) >= 11 is 6.57. The van der Waals surface area contributed by atoms with E-state index in [1.807, 2.05) is 16.8 Å². The van der Waals surface area contributed by atoms with Crippen molar-refractivity contribution in [2.75, 3.05) is 5.32 Å². The van der Waals surface area contributed by atoms with Crippen molar-refractivity contribution in [3.63, 3.8) is 0 Å². The zero-order chi connectivity index (χ0) is 11.8. The van der Waals surface area contributed by atoms with Gasteiger partial charge in [-0.2, -0.15) is 11.3 Å². The second-order valence-corrected chi connectivity index (χ2v) is 5.65. The van der Waals surface area contributed by atoms with E-state index in [9.17, 15) is 4.79 Å². The normalized spacial score (nSPS) is 28.2. The SMILES string of the molecule is CC1CC(C(=O)Nc2ccsc2)(C(N)=S)C1. The van der Waals surface area contributed by atoms with Gasteiger partial charge in [0.05, 0.1) is 16.1 Å². The highest BCUT2D eigenvalue weighted by molar-refractivity contribution is 7.80. The third-order valence-corrected chi connectivity index (χ3v) is 4.15. The standard InChI is InChI=1S/C11H14N2OS2/c1-7-4-11(5-7,9(12)15)10(14)13-8-2-3-16-6-8/h2-3,6-7H,4-5H2,1H3,(H2,12,15)(H,13,14). The Labute approximate surface area is 104 Å². The van der Waals surface area contributed by atoms with Crippen LogP contribution in [0.5, 0.6) is 0 Å². The van der Waals surface area contributed by atoms with Gasteiger partial charge in [-0.15, -0.1) is 0 Å². The van der Waals surface area contributed by atoms with Gasteiger partial charge in [0.2, 0.25) is 5.91 Å². The van der Waals surface area contributed by atoms with Crippen LogP contribution in [0.25, 0.3) is 0 Å². The van der Waals surface area contributed by atoms with Gasteiger partial charge in [-0.25, -0.2) is 0 Å². The molecule has 1 aliphatic carbocycles. The van der Waals surface area contributed by atoms with Crippen LogP contribution in [0.2, 0.25) is 0 Å². The Morgan fingerprint density at radius 3 is 2.81 bits per heavy atom. The molecule has 0 unspecified atom stereocenters. The second kappa shape index (κ2) is 4.14. The van der Waals surface area contributed by atoms with Gasteiger partial charge < -0.3 is 11.1 Å². The Morgan fingerprint density at radius 1 is 1.69 bits per heavy atom. The van der Waals surface area contributed by atoms with E-state index in [0.29, 0.717) is 10.9 Å². The minimum Gasteiger partial charge on any atom is -0.392 e. The average Bonchev–Trinajstić information content (AvgIpc) is 2.64. The maximum Gasteiger partial charge on any atom is 0.237 e. The molecule has 5 heteroatoms. The summed E-state index contributed by atoms with van der Waals surface area (Å²) < 4.78 is 0. The quantitative estimate of drug-likeness (QED) is 0.814. The molecule has 1 aromatic rings. The smallest absolute Gasteiger partial charge is 0.237 e. The highest BCUT2D eigenvalue weighted by Gasteiger charge is 2.50. The van der Waals surface area contributed by atoms with Gasteiger partial charge >= 0.3 is 0 Å². The fraction of sp³-hybridized carbons (Fsp3) is 0.455. The van der Waals surface area contributed by atoms with Crippen LogP contribution in [0, 0.1) is 11.3 Å². The van der Waals surface area contributed by atoms with E-state index in [1.165, 1.54) is 0 Å². The second-order valence-electron chi connectivity index (χ2n) is 4.43. The van der Waals surface area contributed by atoms with E-state index in [0.717, 1.165) is 18.5 Å². The Hall–Kier alpha value is -0.940. The van der Waals surface area contributed by atoms with E-state index >= 15 is 0 Å². The highest BCUT2D eigenvalue weighted by Crippen LogP contribution is 2.46. The third kappa shape index (κ3) is 1.85. The summed E-state index contributed by atoms with van der Waals surface area (Å²) in [5, 5.41) is 6.69. The van der Waals surface area contributed by atoms with Crippen molar-refractivity contribution in [3.05, 3.63) is 16.8 Å². The Kier molecular flexibility index (Phi) is 2.99. The molecule has 1 heterocycles. The van der Waals surface area contributed by atoms with Gasteiger partial charge in [-0.3, -0.25) is 4.79 Å². The number of thiophene rings is 1.